The van der Waals surface area contributed by atoms with E-state index in [0.29, 0.717) is 21.6 Å². The predicted octanol–water partition coefficient (Wildman–Crippen LogP) is 2.65. The van der Waals surface area contributed by atoms with Crippen molar-refractivity contribution in [1.82, 2.24) is 25.4 Å². The molecular formula is C9H5Cl2N5. The molecule has 2 heterocycles. The van der Waals surface area contributed by atoms with Crippen LogP contribution in [0.5, 0.6) is 0 Å². The molecule has 2 N–H and O–H groups in total. The molecule has 0 amide bonds. The number of nitrogens with one attached hydrogen (secondary N) is 2. The van der Waals surface area contributed by atoms with Crippen LogP contribution in [0.4, 0.5) is 0 Å². The van der Waals surface area contributed by atoms with Crippen molar-refractivity contribution in [3.63, 3.8) is 0 Å². The van der Waals surface area contributed by atoms with Crippen LogP contribution >= 0.6 is 23.2 Å². The summed E-state index contributed by atoms with van der Waals surface area (Å²) < 4.78 is 0. The Labute approximate surface area is 99.8 Å². The van der Waals surface area contributed by atoms with Crippen molar-refractivity contribution in [3.05, 3.63) is 28.4 Å². The first-order valence-electron chi connectivity index (χ1n) is 4.45. The van der Waals surface area contributed by atoms with Crippen LogP contribution in [-0.2, 0) is 0 Å². The molecule has 0 atom stereocenters. The molecule has 0 spiro atoms. The zero-order valence-corrected chi connectivity index (χ0v) is 9.34. The minimum atomic E-state index is 0.479. The van der Waals surface area contributed by atoms with Crippen molar-refractivity contribution in [2.45, 2.75) is 0 Å². The summed E-state index contributed by atoms with van der Waals surface area (Å²) in [6.07, 6.45) is 1.58. The van der Waals surface area contributed by atoms with Gasteiger partial charge in [0.15, 0.2) is 5.82 Å². The third kappa shape index (κ3) is 1.45. The minimum absolute atomic E-state index is 0.479. The molecular weight excluding hydrogens is 249 g/mol. The van der Waals surface area contributed by atoms with Crippen LogP contribution in [-0.4, -0.2) is 25.4 Å². The van der Waals surface area contributed by atoms with Gasteiger partial charge in [0.2, 0.25) is 0 Å². The number of H-pyrrole nitrogens is 2. The number of hydrogen-bond acceptors (Lipinski definition) is 3. The number of rotatable bonds is 1. The lowest BCUT2D eigenvalue weighted by Gasteiger charge is -1.93. The average molecular weight is 254 g/mol. The standard InChI is InChI=1S/C9H5Cl2N5/c10-4-1-6-7(2-5(4)11)14-9(13-6)8-3-12-16-15-8/h1-3H,(H,13,14)(H,12,15,16). The van der Waals surface area contributed by atoms with Gasteiger partial charge in [-0.1, -0.05) is 23.2 Å². The lowest BCUT2D eigenvalue weighted by Crippen LogP contribution is -1.79. The van der Waals surface area contributed by atoms with Gasteiger partial charge in [0, 0.05) is 0 Å². The van der Waals surface area contributed by atoms with Crippen LogP contribution in [0.25, 0.3) is 22.6 Å². The van der Waals surface area contributed by atoms with Crippen molar-refractivity contribution in [2.75, 3.05) is 0 Å². The predicted molar refractivity (Wildman–Crippen MR) is 61.5 cm³/mol. The highest BCUT2D eigenvalue weighted by molar-refractivity contribution is 6.42. The van der Waals surface area contributed by atoms with Gasteiger partial charge in [-0.3, -0.25) is 0 Å². The second kappa shape index (κ2) is 3.47. The molecule has 80 valence electrons. The highest BCUT2D eigenvalue weighted by Crippen LogP contribution is 2.27. The summed E-state index contributed by atoms with van der Waals surface area (Å²) >= 11 is 11.8. The summed E-state index contributed by atoms with van der Waals surface area (Å²) in [6.45, 7) is 0. The SMILES string of the molecule is Clc1cc2nc(-c3cn[nH]n3)[nH]c2cc1Cl. The number of fused-ring (bicyclic) bond motifs is 1. The lowest BCUT2D eigenvalue weighted by molar-refractivity contribution is 0.940. The van der Waals surface area contributed by atoms with Gasteiger partial charge in [-0.2, -0.15) is 15.4 Å². The Morgan fingerprint density at radius 3 is 2.69 bits per heavy atom. The zero-order chi connectivity index (χ0) is 11.1. The first-order chi connectivity index (χ1) is 7.74. The number of imidazole rings is 1. The second-order valence-corrected chi connectivity index (χ2v) is 4.04. The van der Waals surface area contributed by atoms with E-state index in [4.69, 9.17) is 23.2 Å². The van der Waals surface area contributed by atoms with Gasteiger partial charge in [-0.05, 0) is 12.1 Å². The van der Waals surface area contributed by atoms with Gasteiger partial charge in [0.1, 0.15) is 5.69 Å². The second-order valence-electron chi connectivity index (χ2n) is 3.22. The van der Waals surface area contributed by atoms with Crippen LogP contribution in [0.3, 0.4) is 0 Å². The van der Waals surface area contributed by atoms with E-state index in [1.54, 1.807) is 18.3 Å². The molecule has 0 aliphatic rings. The molecule has 0 unspecified atom stereocenters. The largest absolute Gasteiger partial charge is 0.336 e. The monoisotopic (exact) mass is 253 g/mol. The molecule has 5 nitrogen and oxygen atoms in total. The summed E-state index contributed by atoms with van der Waals surface area (Å²) in [6, 6.07) is 3.44. The van der Waals surface area contributed by atoms with Gasteiger partial charge >= 0.3 is 0 Å². The highest BCUT2D eigenvalue weighted by Gasteiger charge is 2.09. The summed E-state index contributed by atoms with van der Waals surface area (Å²) in [7, 11) is 0. The van der Waals surface area contributed by atoms with Gasteiger partial charge in [0.25, 0.3) is 0 Å². The molecule has 0 aliphatic carbocycles. The third-order valence-electron chi connectivity index (χ3n) is 2.18. The number of halogens is 2. The molecule has 16 heavy (non-hydrogen) atoms. The molecule has 2 aromatic heterocycles. The van der Waals surface area contributed by atoms with Crippen LogP contribution in [0.1, 0.15) is 0 Å². The lowest BCUT2D eigenvalue weighted by atomic mass is 10.3. The molecule has 3 aromatic rings. The van der Waals surface area contributed by atoms with Gasteiger partial charge < -0.3 is 4.98 Å². The van der Waals surface area contributed by atoms with Crippen LogP contribution in [0.2, 0.25) is 10.0 Å². The van der Waals surface area contributed by atoms with E-state index in [0.717, 1.165) is 11.0 Å². The Morgan fingerprint density at radius 2 is 1.94 bits per heavy atom. The van der Waals surface area contributed by atoms with E-state index in [1.165, 1.54) is 0 Å². The number of benzene rings is 1. The van der Waals surface area contributed by atoms with E-state index < -0.39 is 0 Å². The molecule has 0 saturated heterocycles. The Kier molecular flexibility index (Phi) is 2.08. The van der Waals surface area contributed by atoms with Crippen LogP contribution in [0, 0.1) is 0 Å². The summed E-state index contributed by atoms with van der Waals surface area (Å²) in [5.41, 5.74) is 2.20. The van der Waals surface area contributed by atoms with E-state index >= 15 is 0 Å². The fourth-order valence-corrected chi connectivity index (χ4v) is 1.76. The molecule has 0 bridgehead atoms. The van der Waals surface area contributed by atoms with E-state index in [1.807, 2.05) is 0 Å². The molecule has 0 fully saturated rings. The van der Waals surface area contributed by atoms with E-state index in [9.17, 15) is 0 Å². The molecule has 1 aromatic carbocycles. The van der Waals surface area contributed by atoms with Crippen molar-refractivity contribution in [2.24, 2.45) is 0 Å². The maximum absolute atomic E-state index is 5.91. The molecule has 0 radical (unpaired) electrons. The van der Waals surface area contributed by atoms with Crippen molar-refractivity contribution in [1.29, 1.82) is 0 Å². The highest BCUT2D eigenvalue weighted by atomic mass is 35.5. The molecule has 0 saturated carbocycles. The number of hydrogen-bond donors (Lipinski definition) is 2. The minimum Gasteiger partial charge on any atom is -0.336 e. The van der Waals surface area contributed by atoms with Crippen molar-refractivity contribution >= 4 is 34.2 Å². The first-order valence-corrected chi connectivity index (χ1v) is 5.20. The quantitative estimate of drug-likeness (QED) is 0.701. The Hall–Kier alpha value is -1.59. The molecule has 0 aliphatic heterocycles. The maximum Gasteiger partial charge on any atom is 0.160 e. The van der Waals surface area contributed by atoms with Crippen molar-refractivity contribution < 1.29 is 0 Å². The fraction of sp³-hybridized carbons (Fsp3) is 0. The summed E-state index contributed by atoms with van der Waals surface area (Å²) in [4.78, 5) is 7.43. The maximum atomic E-state index is 5.91. The average Bonchev–Trinajstić information content (AvgIpc) is 2.86. The first kappa shape index (κ1) is 9.62. The Balaban J connectivity index is 2.23. The fourth-order valence-electron chi connectivity index (χ4n) is 1.44. The molecule has 7 heteroatoms. The zero-order valence-electron chi connectivity index (χ0n) is 7.83. The van der Waals surface area contributed by atoms with E-state index in [-0.39, 0.29) is 0 Å². The summed E-state index contributed by atoms with van der Waals surface area (Å²) in [5, 5.41) is 11.1. The normalized spacial score (nSPS) is 11.1. The number of nitrogens with zero attached hydrogens (tertiary/aromatic N) is 3. The van der Waals surface area contributed by atoms with Gasteiger partial charge in [0.05, 0.1) is 27.3 Å². The Morgan fingerprint density at radius 1 is 1.12 bits per heavy atom. The van der Waals surface area contributed by atoms with Crippen molar-refractivity contribution in [3.8, 4) is 11.5 Å². The van der Waals surface area contributed by atoms with Gasteiger partial charge in [-0.25, -0.2) is 4.98 Å². The van der Waals surface area contributed by atoms with Crippen LogP contribution in [0.15, 0.2) is 18.3 Å². The molecule has 3 rings (SSSR count). The number of aromatic amines is 2. The number of aromatic nitrogens is 5. The van der Waals surface area contributed by atoms with Gasteiger partial charge in [-0.15, -0.1) is 0 Å². The van der Waals surface area contributed by atoms with E-state index in [2.05, 4.69) is 25.4 Å². The van der Waals surface area contributed by atoms with Crippen LogP contribution < -0.4 is 0 Å². The Bertz CT molecular complexity index is 604. The summed E-state index contributed by atoms with van der Waals surface area (Å²) in [5.74, 6) is 0.627. The topological polar surface area (TPSA) is 70.2 Å². The third-order valence-corrected chi connectivity index (χ3v) is 2.90. The smallest absolute Gasteiger partial charge is 0.160 e.